The van der Waals surface area contributed by atoms with Crippen LogP contribution in [0.2, 0.25) is 0 Å². The van der Waals surface area contributed by atoms with Gasteiger partial charge in [-0.25, -0.2) is 0 Å². The van der Waals surface area contributed by atoms with E-state index >= 15 is 0 Å². The van der Waals surface area contributed by atoms with Gasteiger partial charge in [-0.05, 0) is 18.6 Å². The lowest BCUT2D eigenvalue weighted by molar-refractivity contribution is 0.0795. The van der Waals surface area contributed by atoms with Crippen molar-refractivity contribution in [1.82, 2.24) is 0 Å². The molecule has 4 nitrogen and oxygen atoms in total. The first-order valence-corrected chi connectivity index (χ1v) is 5.80. The Labute approximate surface area is 105 Å². The molecule has 3 rings (SSSR count). The Kier molecular flexibility index (Phi) is 2.41. The summed E-state index contributed by atoms with van der Waals surface area (Å²) in [5.74, 6) is 1.22. The fourth-order valence-corrected chi connectivity index (χ4v) is 2.46. The summed E-state index contributed by atoms with van der Waals surface area (Å²) in [5.41, 5.74) is 2.39. The van der Waals surface area contributed by atoms with E-state index in [0.29, 0.717) is 23.7 Å². The minimum atomic E-state index is -0.142. The number of fused-ring (bicyclic) bond motifs is 3. The van der Waals surface area contributed by atoms with Crippen molar-refractivity contribution < 1.29 is 19.0 Å². The standard InChI is InChI=1S/C14H14O4/c1-7-6-17-14-10-4-9(8(2)15)11(16-3)5-12(10)18-13(7)14/h4-5,13-14H,1,6H2,2-3H3/t13-,14-/m0/s1. The van der Waals surface area contributed by atoms with Crippen LogP contribution in [0.4, 0.5) is 0 Å². The zero-order valence-corrected chi connectivity index (χ0v) is 10.4. The number of ether oxygens (including phenoxy) is 3. The zero-order valence-electron chi connectivity index (χ0n) is 10.4. The summed E-state index contributed by atoms with van der Waals surface area (Å²) in [6.07, 6.45) is -0.275. The van der Waals surface area contributed by atoms with E-state index in [-0.39, 0.29) is 18.0 Å². The Morgan fingerprint density at radius 1 is 1.44 bits per heavy atom. The number of benzene rings is 1. The van der Waals surface area contributed by atoms with Gasteiger partial charge in [-0.15, -0.1) is 0 Å². The third kappa shape index (κ3) is 1.46. The molecule has 0 aliphatic carbocycles. The van der Waals surface area contributed by atoms with Gasteiger partial charge in [-0.1, -0.05) is 6.58 Å². The van der Waals surface area contributed by atoms with Crippen LogP contribution in [-0.2, 0) is 4.74 Å². The number of hydrogen-bond donors (Lipinski definition) is 0. The Morgan fingerprint density at radius 3 is 2.89 bits per heavy atom. The lowest BCUT2D eigenvalue weighted by Crippen LogP contribution is -2.14. The van der Waals surface area contributed by atoms with Crippen molar-refractivity contribution >= 4 is 5.78 Å². The number of carbonyl (C=O) groups is 1. The van der Waals surface area contributed by atoms with Crippen molar-refractivity contribution in [2.24, 2.45) is 0 Å². The maximum absolute atomic E-state index is 11.6. The summed E-state index contributed by atoms with van der Waals surface area (Å²) in [4.78, 5) is 11.6. The maximum atomic E-state index is 11.6. The quantitative estimate of drug-likeness (QED) is 0.593. The van der Waals surface area contributed by atoms with Gasteiger partial charge in [-0.2, -0.15) is 0 Å². The largest absolute Gasteiger partial charge is 0.496 e. The molecule has 0 unspecified atom stereocenters. The molecule has 0 aromatic heterocycles. The van der Waals surface area contributed by atoms with Gasteiger partial charge in [0.15, 0.2) is 11.9 Å². The molecule has 2 aliphatic rings. The van der Waals surface area contributed by atoms with Gasteiger partial charge in [0.05, 0.1) is 19.3 Å². The molecule has 1 saturated heterocycles. The summed E-state index contributed by atoms with van der Waals surface area (Å²) >= 11 is 0. The number of Topliss-reactive ketones (excluding diaryl/α,β-unsaturated/α-hetero) is 1. The monoisotopic (exact) mass is 246 g/mol. The van der Waals surface area contributed by atoms with Gasteiger partial charge < -0.3 is 14.2 Å². The predicted molar refractivity (Wildman–Crippen MR) is 65.2 cm³/mol. The van der Waals surface area contributed by atoms with Gasteiger partial charge in [0.2, 0.25) is 0 Å². The molecule has 1 aromatic rings. The molecule has 2 heterocycles. The number of methoxy groups -OCH3 is 1. The van der Waals surface area contributed by atoms with Gasteiger partial charge in [-0.3, -0.25) is 4.79 Å². The highest BCUT2D eigenvalue weighted by molar-refractivity contribution is 5.97. The molecule has 0 amide bonds. The molecular weight excluding hydrogens is 232 g/mol. The Morgan fingerprint density at radius 2 is 2.22 bits per heavy atom. The molecule has 18 heavy (non-hydrogen) atoms. The summed E-state index contributed by atoms with van der Waals surface area (Å²) < 4.78 is 16.7. The maximum Gasteiger partial charge on any atom is 0.163 e. The summed E-state index contributed by atoms with van der Waals surface area (Å²) in [7, 11) is 1.54. The molecule has 94 valence electrons. The second kappa shape index (κ2) is 3.85. The zero-order chi connectivity index (χ0) is 12.9. The highest BCUT2D eigenvalue weighted by Gasteiger charge is 2.42. The lowest BCUT2D eigenvalue weighted by Gasteiger charge is -2.10. The first-order valence-electron chi connectivity index (χ1n) is 5.80. The SMILES string of the molecule is C=C1CO[C@H]2c3cc(C(C)=O)c(OC)cc3O[C@@H]12. The summed E-state index contributed by atoms with van der Waals surface area (Å²) in [6.45, 7) is 5.96. The van der Waals surface area contributed by atoms with E-state index < -0.39 is 0 Å². The Balaban J connectivity index is 2.11. The van der Waals surface area contributed by atoms with Crippen LogP contribution >= 0.6 is 0 Å². The fourth-order valence-electron chi connectivity index (χ4n) is 2.46. The van der Waals surface area contributed by atoms with Crippen LogP contribution in [0.5, 0.6) is 11.5 Å². The van der Waals surface area contributed by atoms with Gasteiger partial charge >= 0.3 is 0 Å². The van der Waals surface area contributed by atoms with E-state index in [2.05, 4.69) is 6.58 Å². The molecule has 0 spiro atoms. The van der Waals surface area contributed by atoms with Crippen molar-refractivity contribution in [2.75, 3.05) is 13.7 Å². The van der Waals surface area contributed by atoms with E-state index in [9.17, 15) is 4.79 Å². The predicted octanol–water partition coefficient (Wildman–Crippen LogP) is 2.29. The van der Waals surface area contributed by atoms with E-state index in [0.717, 1.165) is 11.1 Å². The molecule has 4 heteroatoms. The molecule has 0 bridgehead atoms. The number of hydrogen-bond acceptors (Lipinski definition) is 4. The van der Waals surface area contributed by atoms with Crippen LogP contribution in [0.15, 0.2) is 24.3 Å². The van der Waals surface area contributed by atoms with E-state index in [1.54, 1.807) is 19.2 Å². The highest BCUT2D eigenvalue weighted by atomic mass is 16.6. The second-order valence-corrected chi connectivity index (χ2v) is 4.57. The van der Waals surface area contributed by atoms with Crippen molar-refractivity contribution in [2.45, 2.75) is 19.1 Å². The normalized spacial score (nSPS) is 24.4. The van der Waals surface area contributed by atoms with Crippen LogP contribution in [0, 0.1) is 0 Å². The van der Waals surface area contributed by atoms with E-state index in [1.165, 1.54) is 6.92 Å². The first-order chi connectivity index (χ1) is 8.61. The molecule has 0 radical (unpaired) electrons. The third-order valence-electron chi connectivity index (χ3n) is 3.40. The molecule has 1 fully saturated rings. The van der Waals surface area contributed by atoms with Crippen molar-refractivity contribution in [3.05, 3.63) is 35.4 Å². The second-order valence-electron chi connectivity index (χ2n) is 4.57. The minimum absolute atomic E-state index is 0.0325. The van der Waals surface area contributed by atoms with Crippen LogP contribution < -0.4 is 9.47 Å². The fraction of sp³-hybridized carbons (Fsp3) is 0.357. The average molecular weight is 246 g/mol. The number of carbonyl (C=O) groups excluding carboxylic acids is 1. The lowest BCUT2D eigenvalue weighted by atomic mass is 10.0. The van der Waals surface area contributed by atoms with Crippen molar-refractivity contribution in [1.29, 1.82) is 0 Å². The van der Waals surface area contributed by atoms with Crippen LogP contribution in [0.25, 0.3) is 0 Å². The van der Waals surface area contributed by atoms with Crippen LogP contribution in [0.3, 0.4) is 0 Å². The van der Waals surface area contributed by atoms with Gasteiger partial charge in [0.25, 0.3) is 0 Å². The molecule has 0 saturated carbocycles. The molecule has 0 N–H and O–H groups in total. The van der Waals surface area contributed by atoms with Crippen LogP contribution in [-0.4, -0.2) is 25.6 Å². The third-order valence-corrected chi connectivity index (χ3v) is 3.40. The summed E-state index contributed by atoms with van der Waals surface area (Å²) in [5, 5.41) is 0. The molecular formula is C14H14O4. The first kappa shape index (κ1) is 11.3. The highest BCUT2D eigenvalue weighted by Crippen LogP contribution is 2.47. The molecule has 1 aromatic carbocycles. The minimum Gasteiger partial charge on any atom is -0.496 e. The Hall–Kier alpha value is -1.81. The van der Waals surface area contributed by atoms with Crippen LogP contribution in [0.1, 0.15) is 28.9 Å². The number of ketones is 1. The number of rotatable bonds is 2. The van der Waals surface area contributed by atoms with Gasteiger partial charge in [0.1, 0.15) is 17.6 Å². The smallest absolute Gasteiger partial charge is 0.163 e. The molecule has 2 aliphatic heterocycles. The van der Waals surface area contributed by atoms with E-state index in [4.69, 9.17) is 14.2 Å². The summed E-state index contributed by atoms with van der Waals surface area (Å²) in [6, 6.07) is 3.56. The topological polar surface area (TPSA) is 44.8 Å². The van der Waals surface area contributed by atoms with Crippen molar-refractivity contribution in [3.63, 3.8) is 0 Å². The van der Waals surface area contributed by atoms with Crippen molar-refractivity contribution in [3.8, 4) is 11.5 Å². The van der Waals surface area contributed by atoms with E-state index in [1.807, 2.05) is 0 Å². The molecule has 2 atom stereocenters. The van der Waals surface area contributed by atoms with Gasteiger partial charge in [0, 0.05) is 11.6 Å². The average Bonchev–Trinajstić information content (AvgIpc) is 2.87. The Bertz CT molecular complexity index is 547.